The smallest absolute Gasteiger partial charge is 0.226 e. The van der Waals surface area contributed by atoms with Crippen LogP contribution in [-0.4, -0.2) is 37.0 Å². The Labute approximate surface area is 146 Å². The zero-order valence-corrected chi connectivity index (χ0v) is 14.9. The molecule has 2 fully saturated rings. The summed E-state index contributed by atoms with van der Waals surface area (Å²) >= 11 is 0. The van der Waals surface area contributed by atoms with Crippen molar-refractivity contribution in [2.45, 2.75) is 38.5 Å². The lowest BCUT2D eigenvalue weighted by Crippen LogP contribution is -2.48. The molecule has 2 aliphatic heterocycles. The minimum atomic E-state index is 0. The summed E-state index contributed by atoms with van der Waals surface area (Å²) in [6, 6.07) is 10.8. The van der Waals surface area contributed by atoms with Crippen molar-refractivity contribution in [3.63, 3.8) is 0 Å². The molecule has 1 aromatic rings. The van der Waals surface area contributed by atoms with Crippen LogP contribution >= 0.6 is 12.4 Å². The SMILES string of the molecule is CCC1CN(C(=O)C2CCCNC2)CCC1c1ccccc1.Cl. The number of hydrogen-bond acceptors (Lipinski definition) is 2. The summed E-state index contributed by atoms with van der Waals surface area (Å²) in [5.74, 6) is 1.80. The molecule has 2 heterocycles. The topological polar surface area (TPSA) is 32.3 Å². The molecule has 2 aliphatic rings. The number of benzene rings is 1. The average molecular weight is 337 g/mol. The van der Waals surface area contributed by atoms with Gasteiger partial charge in [0.1, 0.15) is 0 Å². The van der Waals surface area contributed by atoms with Crippen molar-refractivity contribution >= 4 is 18.3 Å². The third kappa shape index (κ3) is 4.27. The monoisotopic (exact) mass is 336 g/mol. The van der Waals surface area contributed by atoms with E-state index < -0.39 is 0 Å². The lowest BCUT2D eigenvalue weighted by Gasteiger charge is -2.40. The summed E-state index contributed by atoms with van der Waals surface area (Å²) < 4.78 is 0. The van der Waals surface area contributed by atoms with E-state index in [1.807, 2.05) is 0 Å². The van der Waals surface area contributed by atoms with Crippen molar-refractivity contribution < 1.29 is 4.79 Å². The lowest BCUT2D eigenvalue weighted by molar-refractivity contribution is -0.138. The van der Waals surface area contributed by atoms with Gasteiger partial charge in [0.05, 0.1) is 5.92 Å². The van der Waals surface area contributed by atoms with E-state index in [9.17, 15) is 4.79 Å². The van der Waals surface area contributed by atoms with Crippen LogP contribution in [0.15, 0.2) is 30.3 Å². The number of likely N-dealkylation sites (tertiary alicyclic amines) is 1. The molecule has 4 heteroatoms. The minimum absolute atomic E-state index is 0. The highest BCUT2D eigenvalue weighted by atomic mass is 35.5. The molecule has 0 radical (unpaired) electrons. The van der Waals surface area contributed by atoms with Crippen LogP contribution in [0.25, 0.3) is 0 Å². The predicted octanol–water partition coefficient (Wildman–Crippen LogP) is 3.45. The predicted molar refractivity (Wildman–Crippen MR) is 97.0 cm³/mol. The summed E-state index contributed by atoms with van der Waals surface area (Å²) in [4.78, 5) is 14.9. The maximum absolute atomic E-state index is 12.7. The van der Waals surface area contributed by atoms with Crippen LogP contribution in [0.4, 0.5) is 0 Å². The van der Waals surface area contributed by atoms with E-state index in [2.05, 4.69) is 47.5 Å². The first-order valence-electron chi connectivity index (χ1n) is 8.84. The van der Waals surface area contributed by atoms with Gasteiger partial charge in [-0.2, -0.15) is 0 Å². The maximum atomic E-state index is 12.7. The maximum Gasteiger partial charge on any atom is 0.226 e. The number of amides is 1. The summed E-state index contributed by atoms with van der Waals surface area (Å²) in [5.41, 5.74) is 1.45. The van der Waals surface area contributed by atoms with Gasteiger partial charge >= 0.3 is 0 Å². The highest BCUT2D eigenvalue weighted by Gasteiger charge is 2.34. The molecular weight excluding hydrogens is 308 g/mol. The number of carbonyl (C=O) groups is 1. The fraction of sp³-hybridized carbons (Fsp3) is 0.632. The van der Waals surface area contributed by atoms with Gasteiger partial charge in [-0.3, -0.25) is 4.79 Å². The molecule has 0 spiro atoms. The molecule has 0 bridgehead atoms. The van der Waals surface area contributed by atoms with Gasteiger partial charge in [0, 0.05) is 19.6 Å². The number of rotatable bonds is 3. The normalized spacial score (nSPS) is 28.0. The molecule has 1 amide bonds. The Hall–Kier alpha value is -1.06. The first-order chi connectivity index (χ1) is 10.8. The fourth-order valence-corrected chi connectivity index (χ4v) is 4.11. The number of nitrogens with zero attached hydrogens (tertiary/aromatic N) is 1. The molecule has 3 nitrogen and oxygen atoms in total. The Morgan fingerprint density at radius 3 is 2.70 bits per heavy atom. The summed E-state index contributed by atoms with van der Waals surface area (Å²) in [5, 5.41) is 3.37. The number of piperidine rings is 2. The molecule has 1 aromatic carbocycles. The van der Waals surface area contributed by atoms with E-state index in [0.717, 1.165) is 51.9 Å². The standard InChI is InChI=1S/C19H28N2O.ClH/c1-2-15-14-21(19(22)17-9-6-11-20-13-17)12-10-18(15)16-7-4-3-5-8-16;/h3-5,7-8,15,17-18,20H,2,6,9-14H2,1H3;1H. The molecule has 0 aromatic heterocycles. The van der Waals surface area contributed by atoms with E-state index >= 15 is 0 Å². The van der Waals surface area contributed by atoms with E-state index in [4.69, 9.17) is 0 Å². The fourth-order valence-electron chi connectivity index (χ4n) is 4.11. The number of carbonyl (C=O) groups excluding carboxylic acids is 1. The molecule has 0 saturated carbocycles. The third-order valence-electron chi connectivity index (χ3n) is 5.44. The van der Waals surface area contributed by atoms with Gasteiger partial charge in [0.2, 0.25) is 5.91 Å². The van der Waals surface area contributed by atoms with Crippen LogP contribution in [0.1, 0.15) is 44.1 Å². The average Bonchev–Trinajstić information content (AvgIpc) is 2.62. The quantitative estimate of drug-likeness (QED) is 0.917. The van der Waals surface area contributed by atoms with Crippen LogP contribution < -0.4 is 5.32 Å². The van der Waals surface area contributed by atoms with Crippen LogP contribution in [-0.2, 0) is 4.79 Å². The van der Waals surface area contributed by atoms with Gasteiger partial charge in [0.15, 0.2) is 0 Å². The highest BCUT2D eigenvalue weighted by Crippen LogP contribution is 2.35. The van der Waals surface area contributed by atoms with Crippen molar-refractivity contribution in [2.75, 3.05) is 26.2 Å². The van der Waals surface area contributed by atoms with Crippen molar-refractivity contribution in [1.29, 1.82) is 0 Å². The summed E-state index contributed by atoms with van der Waals surface area (Å²) in [6.07, 6.45) is 4.44. The molecule has 3 unspecified atom stereocenters. The zero-order valence-electron chi connectivity index (χ0n) is 14.0. The Balaban J connectivity index is 0.00000192. The van der Waals surface area contributed by atoms with Crippen molar-refractivity contribution in [3.05, 3.63) is 35.9 Å². The van der Waals surface area contributed by atoms with Crippen LogP contribution in [0.5, 0.6) is 0 Å². The van der Waals surface area contributed by atoms with Gasteiger partial charge in [-0.15, -0.1) is 12.4 Å². The Kier molecular flexibility index (Phi) is 6.91. The Morgan fingerprint density at radius 2 is 2.04 bits per heavy atom. The summed E-state index contributed by atoms with van der Waals surface area (Å²) in [7, 11) is 0. The van der Waals surface area contributed by atoms with E-state index in [-0.39, 0.29) is 18.3 Å². The molecule has 128 valence electrons. The molecule has 3 rings (SSSR count). The van der Waals surface area contributed by atoms with Gasteiger partial charge in [0.25, 0.3) is 0 Å². The van der Waals surface area contributed by atoms with Gasteiger partial charge in [-0.25, -0.2) is 0 Å². The lowest BCUT2D eigenvalue weighted by atomic mass is 9.78. The third-order valence-corrected chi connectivity index (χ3v) is 5.44. The van der Waals surface area contributed by atoms with Crippen molar-refractivity contribution in [1.82, 2.24) is 10.2 Å². The van der Waals surface area contributed by atoms with Gasteiger partial charge in [-0.05, 0) is 43.2 Å². The first kappa shape index (κ1) is 18.3. The molecule has 3 atom stereocenters. The second-order valence-corrected chi connectivity index (χ2v) is 6.80. The van der Waals surface area contributed by atoms with Crippen molar-refractivity contribution in [3.8, 4) is 0 Å². The van der Waals surface area contributed by atoms with Crippen LogP contribution in [0, 0.1) is 11.8 Å². The van der Waals surface area contributed by atoms with Gasteiger partial charge in [-0.1, -0.05) is 43.7 Å². The molecule has 1 N–H and O–H groups in total. The number of hydrogen-bond donors (Lipinski definition) is 1. The highest BCUT2D eigenvalue weighted by molar-refractivity contribution is 5.85. The Morgan fingerprint density at radius 1 is 1.26 bits per heavy atom. The molecule has 23 heavy (non-hydrogen) atoms. The minimum Gasteiger partial charge on any atom is -0.342 e. The number of nitrogens with one attached hydrogen (secondary N) is 1. The van der Waals surface area contributed by atoms with E-state index in [1.165, 1.54) is 5.56 Å². The number of halogens is 1. The van der Waals surface area contributed by atoms with Gasteiger partial charge < -0.3 is 10.2 Å². The molecular formula is C19H29ClN2O. The molecule has 2 saturated heterocycles. The Bertz CT molecular complexity index is 487. The van der Waals surface area contributed by atoms with Crippen LogP contribution in [0.2, 0.25) is 0 Å². The zero-order chi connectivity index (χ0) is 15.4. The second-order valence-electron chi connectivity index (χ2n) is 6.80. The van der Waals surface area contributed by atoms with E-state index in [1.54, 1.807) is 0 Å². The second kappa shape index (κ2) is 8.70. The largest absolute Gasteiger partial charge is 0.342 e. The van der Waals surface area contributed by atoms with Crippen molar-refractivity contribution in [2.24, 2.45) is 11.8 Å². The molecule has 0 aliphatic carbocycles. The summed E-state index contributed by atoms with van der Waals surface area (Å²) in [6.45, 7) is 6.05. The van der Waals surface area contributed by atoms with Crippen LogP contribution in [0.3, 0.4) is 0 Å². The van der Waals surface area contributed by atoms with E-state index in [0.29, 0.717) is 17.7 Å². The first-order valence-corrected chi connectivity index (χ1v) is 8.84.